The van der Waals surface area contributed by atoms with E-state index in [4.69, 9.17) is 0 Å². The minimum atomic E-state index is 0.127. The van der Waals surface area contributed by atoms with Crippen LogP contribution in [0.15, 0.2) is 79.1 Å². The number of carbonyl (C=O) groups excluding carboxylic acids is 1. The Kier molecular flexibility index (Phi) is 21.5. The Morgan fingerprint density at radius 2 is 1.39 bits per heavy atom. The number of nitrogens with zero attached hydrogens (tertiary/aromatic N) is 2. The van der Waals surface area contributed by atoms with Crippen LogP contribution in [0.2, 0.25) is 0 Å². The van der Waals surface area contributed by atoms with Gasteiger partial charge in [-0.1, -0.05) is 108 Å². The van der Waals surface area contributed by atoms with Crippen molar-refractivity contribution in [1.29, 1.82) is 0 Å². The van der Waals surface area contributed by atoms with E-state index in [0.29, 0.717) is 0 Å². The molecule has 0 aliphatic rings. The van der Waals surface area contributed by atoms with E-state index in [1.165, 1.54) is 29.4 Å². The lowest BCUT2D eigenvalue weighted by molar-refractivity contribution is -0.692. The first-order valence-corrected chi connectivity index (χ1v) is 15.1. The molecule has 3 rings (SSSR count). The second-order valence-electron chi connectivity index (χ2n) is 7.77. The molecule has 208 valence electrons. The smallest absolute Gasteiger partial charge is 0.219 e. The van der Waals surface area contributed by atoms with Crippen LogP contribution in [-0.2, 0) is 6.54 Å². The van der Waals surface area contributed by atoms with Crippen molar-refractivity contribution in [3.05, 3.63) is 95.8 Å². The Hall–Kier alpha value is -2.89. The summed E-state index contributed by atoms with van der Waals surface area (Å²) < 4.78 is 2.11. The van der Waals surface area contributed by atoms with Crippen LogP contribution in [0.5, 0.6) is 0 Å². The Morgan fingerprint density at radius 1 is 0.842 bits per heavy atom. The van der Waals surface area contributed by atoms with Gasteiger partial charge in [-0.3, -0.25) is 4.79 Å². The molecule has 4 nitrogen and oxygen atoms in total. The highest BCUT2D eigenvalue weighted by atomic mass is 32.2. The van der Waals surface area contributed by atoms with Crippen molar-refractivity contribution < 1.29 is 14.7 Å². The number of quaternary nitrogens is 1. The quantitative estimate of drug-likeness (QED) is 0.216. The number of pyridine rings is 1. The van der Waals surface area contributed by atoms with Gasteiger partial charge in [0.05, 0.1) is 19.3 Å². The van der Waals surface area contributed by atoms with Gasteiger partial charge in [0, 0.05) is 43.4 Å². The van der Waals surface area contributed by atoms with Crippen molar-refractivity contribution >= 4 is 34.7 Å². The number of aryl methyl sites for hydroxylation is 1. The molecular weight excluding hydrogens is 486 g/mol. The number of rotatable bonds is 11. The predicted octanol–water partition coefficient (Wildman–Crippen LogP) is 6.82. The van der Waals surface area contributed by atoms with Crippen LogP contribution in [0.25, 0.3) is 12.2 Å². The van der Waals surface area contributed by atoms with E-state index in [2.05, 4.69) is 89.8 Å². The standard InChI is InChI=1S/C27H32N3OS.3C2H6/c1-28-17-6-18-29(2)26-13-11-23(12-14-26)9-10-24-15-19-30(20-16-24)21-22-32-27(31)25-7-4-3-5-8-25;3*1-2/h3-5,7-16,19-20,28H,6,17-18,21-22H2,1-2H3;3*1-2H3/q+1;;;/p+1. The maximum Gasteiger partial charge on any atom is 0.219 e. The summed E-state index contributed by atoms with van der Waals surface area (Å²) in [7, 11) is 4.26. The van der Waals surface area contributed by atoms with Crippen LogP contribution in [0.3, 0.4) is 0 Å². The molecule has 0 spiro atoms. The van der Waals surface area contributed by atoms with E-state index in [0.717, 1.165) is 36.5 Å². The van der Waals surface area contributed by atoms with Crippen molar-refractivity contribution in [2.75, 3.05) is 37.8 Å². The van der Waals surface area contributed by atoms with E-state index in [-0.39, 0.29) is 5.12 Å². The van der Waals surface area contributed by atoms with Crippen molar-refractivity contribution in [2.24, 2.45) is 0 Å². The summed E-state index contributed by atoms with van der Waals surface area (Å²) >= 11 is 1.37. The van der Waals surface area contributed by atoms with Gasteiger partial charge in [-0.2, -0.15) is 0 Å². The third-order valence-electron chi connectivity index (χ3n) is 5.30. The average molecular weight is 538 g/mol. The number of carbonyl (C=O) groups is 1. The molecule has 0 aliphatic heterocycles. The first-order chi connectivity index (χ1) is 18.7. The second kappa shape index (κ2) is 23.2. The van der Waals surface area contributed by atoms with Gasteiger partial charge in [0.1, 0.15) is 0 Å². The van der Waals surface area contributed by atoms with Gasteiger partial charge in [0.15, 0.2) is 18.9 Å². The molecule has 0 amide bonds. The van der Waals surface area contributed by atoms with Crippen molar-refractivity contribution in [3.8, 4) is 0 Å². The molecule has 5 heteroatoms. The number of hydrogen-bond donors (Lipinski definition) is 1. The summed E-state index contributed by atoms with van der Waals surface area (Å²) in [4.78, 5) is 14.5. The minimum absolute atomic E-state index is 0.127. The van der Waals surface area contributed by atoms with Gasteiger partial charge in [-0.15, -0.1) is 0 Å². The molecule has 0 saturated carbocycles. The van der Waals surface area contributed by atoms with Crippen LogP contribution < -0.4 is 14.8 Å². The third-order valence-corrected chi connectivity index (χ3v) is 6.18. The molecule has 0 unspecified atom stereocenters. The maximum absolute atomic E-state index is 12.2. The fourth-order valence-corrected chi connectivity index (χ4v) is 4.11. The van der Waals surface area contributed by atoms with E-state index in [1.54, 1.807) is 0 Å². The van der Waals surface area contributed by atoms with Gasteiger partial charge < -0.3 is 10.2 Å². The van der Waals surface area contributed by atoms with Crippen LogP contribution in [0.4, 0.5) is 5.69 Å². The Labute approximate surface area is 237 Å². The second-order valence-corrected chi connectivity index (χ2v) is 8.84. The highest BCUT2D eigenvalue weighted by Crippen LogP contribution is 2.16. The van der Waals surface area contributed by atoms with Gasteiger partial charge in [-0.25, -0.2) is 4.57 Å². The average Bonchev–Trinajstić information content (AvgIpc) is 3.00. The normalized spacial score (nSPS) is 9.79. The summed E-state index contributed by atoms with van der Waals surface area (Å²) in [5.41, 5.74) is 4.36. The number of anilines is 1. The zero-order chi connectivity index (χ0) is 28.6. The summed E-state index contributed by atoms with van der Waals surface area (Å²) in [5, 5.41) is 2.35. The van der Waals surface area contributed by atoms with E-state index < -0.39 is 0 Å². The molecule has 0 saturated heterocycles. The first-order valence-electron chi connectivity index (χ1n) is 14.1. The van der Waals surface area contributed by atoms with E-state index in [9.17, 15) is 4.79 Å². The van der Waals surface area contributed by atoms with Gasteiger partial charge in [-0.05, 0) is 23.3 Å². The molecule has 2 N–H and O–H groups in total. The lowest BCUT2D eigenvalue weighted by Crippen LogP contribution is -2.79. The first kappa shape index (κ1) is 35.1. The molecule has 0 radical (unpaired) electrons. The number of benzene rings is 2. The Morgan fingerprint density at radius 3 is 1.95 bits per heavy atom. The molecule has 0 atom stereocenters. The topological polar surface area (TPSA) is 40.8 Å². The SMILES string of the molecule is CC.CC.CC.C[NH2+]CCCN(C)c1ccc(/C=C/c2cc[n+](CCSC(=O)c3ccccc3)cc2)cc1. The van der Waals surface area contributed by atoms with Crippen LogP contribution in [0.1, 0.15) is 69.4 Å². The number of thioether (sulfide) groups is 1. The number of hydrogen-bond acceptors (Lipinski definition) is 3. The zero-order valence-electron chi connectivity index (χ0n) is 25.0. The molecular formula is C33H51N3OS+2. The predicted molar refractivity (Wildman–Crippen MR) is 170 cm³/mol. The van der Waals surface area contributed by atoms with E-state index >= 15 is 0 Å². The van der Waals surface area contributed by atoms with Crippen molar-refractivity contribution in [1.82, 2.24) is 0 Å². The summed E-state index contributed by atoms with van der Waals surface area (Å²) in [6.07, 6.45) is 9.60. The van der Waals surface area contributed by atoms with Gasteiger partial charge >= 0.3 is 0 Å². The van der Waals surface area contributed by atoms with E-state index in [1.807, 2.05) is 71.9 Å². The summed E-state index contributed by atoms with van der Waals surface area (Å²) in [6.45, 7) is 15.0. The fourth-order valence-electron chi connectivity index (χ4n) is 3.32. The fraction of sp³-hybridized carbons (Fsp3) is 0.394. The van der Waals surface area contributed by atoms with Crippen LogP contribution in [0, 0.1) is 0 Å². The highest BCUT2D eigenvalue weighted by Gasteiger charge is 2.08. The molecule has 0 fully saturated rings. The number of aromatic nitrogens is 1. The van der Waals surface area contributed by atoms with Crippen molar-refractivity contribution in [3.63, 3.8) is 0 Å². The molecule has 1 aromatic heterocycles. The molecule has 38 heavy (non-hydrogen) atoms. The lowest BCUT2D eigenvalue weighted by atomic mass is 10.1. The summed E-state index contributed by atoms with van der Waals surface area (Å²) in [5.74, 6) is 0.755. The monoisotopic (exact) mass is 537 g/mol. The Bertz CT molecular complexity index is 987. The Balaban J connectivity index is 0.00000213. The lowest BCUT2D eigenvalue weighted by Gasteiger charge is -2.18. The molecule has 2 aromatic carbocycles. The molecule has 3 aromatic rings. The van der Waals surface area contributed by atoms with Crippen molar-refractivity contribution in [2.45, 2.75) is 54.5 Å². The van der Waals surface area contributed by atoms with Gasteiger partial charge in [0.25, 0.3) is 0 Å². The molecule has 0 bridgehead atoms. The van der Waals surface area contributed by atoms with Crippen LogP contribution in [-0.4, -0.2) is 38.1 Å². The third kappa shape index (κ3) is 14.2. The highest BCUT2D eigenvalue weighted by molar-refractivity contribution is 8.14. The summed E-state index contributed by atoms with van der Waals surface area (Å²) in [6, 6.07) is 22.4. The minimum Gasteiger partial charge on any atom is -0.374 e. The maximum atomic E-state index is 12.2. The zero-order valence-corrected chi connectivity index (χ0v) is 25.8. The van der Waals surface area contributed by atoms with Crippen LogP contribution >= 0.6 is 11.8 Å². The largest absolute Gasteiger partial charge is 0.374 e. The molecule has 0 aliphatic carbocycles. The van der Waals surface area contributed by atoms with Gasteiger partial charge in [0.2, 0.25) is 5.12 Å². The molecule has 1 heterocycles. The number of nitrogens with two attached hydrogens (primary N) is 1.